The minimum Gasteiger partial charge on any atom is -0.383 e. The van der Waals surface area contributed by atoms with E-state index >= 15 is 0 Å². The summed E-state index contributed by atoms with van der Waals surface area (Å²) < 4.78 is 1.99. The molecule has 7 heteroatoms. The van der Waals surface area contributed by atoms with Gasteiger partial charge in [-0.15, -0.1) is 0 Å². The topological polar surface area (TPSA) is 89.9 Å². The number of fused-ring (bicyclic) bond motifs is 2. The van der Waals surface area contributed by atoms with E-state index in [-0.39, 0.29) is 17.4 Å². The Morgan fingerprint density at radius 2 is 1.86 bits per heavy atom. The van der Waals surface area contributed by atoms with Crippen molar-refractivity contribution in [1.29, 1.82) is 0 Å². The lowest BCUT2D eigenvalue weighted by Crippen LogP contribution is -2.49. The van der Waals surface area contributed by atoms with Gasteiger partial charge in [-0.1, -0.05) is 42.8 Å². The van der Waals surface area contributed by atoms with Crippen LogP contribution < -0.4 is 5.73 Å². The number of nitrogen functional groups attached to an aromatic ring is 1. The minimum absolute atomic E-state index is 0.0237. The molecule has 2 aromatic heterocycles. The summed E-state index contributed by atoms with van der Waals surface area (Å²) in [4.78, 5) is 22.5. The summed E-state index contributed by atoms with van der Waals surface area (Å²) in [6.45, 7) is 5.18. The Hall–Kier alpha value is -4.18. The molecular formula is C28H26N6O. The van der Waals surface area contributed by atoms with Gasteiger partial charge in [0.05, 0.1) is 11.4 Å². The molecular weight excluding hydrogens is 436 g/mol. The van der Waals surface area contributed by atoms with E-state index in [9.17, 15) is 4.79 Å². The van der Waals surface area contributed by atoms with Gasteiger partial charge in [-0.05, 0) is 66.0 Å². The predicted octanol–water partition coefficient (Wildman–Crippen LogP) is 4.09. The van der Waals surface area contributed by atoms with Gasteiger partial charge >= 0.3 is 0 Å². The summed E-state index contributed by atoms with van der Waals surface area (Å²) in [5, 5.41) is 7.92. The second kappa shape index (κ2) is 8.24. The Bertz CT molecular complexity index is 1530. The average Bonchev–Trinajstić information content (AvgIpc) is 3.25. The molecule has 1 spiro atoms. The van der Waals surface area contributed by atoms with Gasteiger partial charge in [-0.3, -0.25) is 4.79 Å². The third kappa shape index (κ3) is 3.71. The first kappa shape index (κ1) is 21.4. The van der Waals surface area contributed by atoms with Gasteiger partial charge in [-0.25, -0.2) is 14.6 Å². The third-order valence-electron chi connectivity index (χ3n) is 7.59. The first-order valence-corrected chi connectivity index (χ1v) is 12.0. The zero-order chi connectivity index (χ0) is 24.0. The molecule has 1 saturated heterocycles. The van der Waals surface area contributed by atoms with Crippen molar-refractivity contribution in [2.75, 3.05) is 18.8 Å². The smallest absolute Gasteiger partial charge is 0.245 e. The van der Waals surface area contributed by atoms with Crippen LogP contribution in [0.4, 0.5) is 5.82 Å². The van der Waals surface area contributed by atoms with Crippen LogP contribution in [0.2, 0.25) is 0 Å². The number of benzene rings is 2. The summed E-state index contributed by atoms with van der Waals surface area (Å²) in [6, 6.07) is 14.7. The zero-order valence-corrected chi connectivity index (χ0v) is 19.4. The molecule has 1 aliphatic heterocycles. The summed E-state index contributed by atoms with van der Waals surface area (Å²) in [5.74, 6) is 6.91. The van der Waals surface area contributed by atoms with Crippen LogP contribution in [0.25, 0.3) is 21.8 Å². The van der Waals surface area contributed by atoms with E-state index in [1.54, 1.807) is 0 Å². The van der Waals surface area contributed by atoms with Gasteiger partial charge in [0.1, 0.15) is 17.8 Å². The number of aromatic nitrogens is 4. The Morgan fingerprint density at radius 3 is 2.63 bits per heavy atom. The second-order valence-corrected chi connectivity index (χ2v) is 9.65. The molecule has 2 aromatic carbocycles. The zero-order valence-electron chi connectivity index (χ0n) is 19.4. The fourth-order valence-electron chi connectivity index (χ4n) is 5.59. The van der Waals surface area contributed by atoms with E-state index in [1.165, 1.54) is 17.8 Å². The number of nitrogens with two attached hydrogens (primary N) is 1. The SMILES string of the molecule is C=CC(=O)N1CCC2(CC1)CC(n1nc(C#Cc3ccc4ccccc4c3)c3c(N)ncnc31)C2. The highest BCUT2D eigenvalue weighted by atomic mass is 16.2. The molecule has 2 fully saturated rings. The summed E-state index contributed by atoms with van der Waals surface area (Å²) in [5.41, 5.74) is 8.78. The normalized spacial score (nSPS) is 17.2. The number of carbonyl (C=O) groups excluding carboxylic acids is 1. The van der Waals surface area contributed by atoms with Gasteiger partial charge in [0, 0.05) is 18.7 Å². The first-order valence-electron chi connectivity index (χ1n) is 12.0. The monoisotopic (exact) mass is 462 g/mol. The molecule has 1 aliphatic carbocycles. The highest BCUT2D eigenvalue weighted by Crippen LogP contribution is 2.55. The first-order chi connectivity index (χ1) is 17.0. The van der Waals surface area contributed by atoms with Crippen LogP contribution in [-0.2, 0) is 4.79 Å². The Kier molecular flexibility index (Phi) is 5.03. The van der Waals surface area contributed by atoms with Crippen LogP contribution in [0.3, 0.4) is 0 Å². The number of amides is 1. The molecule has 2 N–H and O–H groups in total. The number of anilines is 1. The van der Waals surface area contributed by atoms with Crippen LogP contribution in [-0.4, -0.2) is 43.6 Å². The van der Waals surface area contributed by atoms with Gasteiger partial charge in [0.25, 0.3) is 0 Å². The molecule has 0 radical (unpaired) electrons. The van der Waals surface area contributed by atoms with Crippen molar-refractivity contribution < 1.29 is 4.79 Å². The summed E-state index contributed by atoms with van der Waals surface area (Å²) in [7, 11) is 0. The van der Waals surface area contributed by atoms with Crippen molar-refractivity contribution in [3.63, 3.8) is 0 Å². The van der Waals surface area contributed by atoms with E-state index in [0.29, 0.717) is 16.9 Å². The number of carbonyl (C=O) groups is 1. The maximum atomic E-state index is 11.9. The number of piperidine rings is 1. The van der Waals surface area contributed by atoms with Gasteiger partial charge in [0.2, 0.25) is 5.91 Å². The molecule has 1 saturated carbocycles. The number of hydrogen-bond acceptors (Lipinski definition) is 5. The maximum absolute atomic E-state index is 11.9. The highest BCUT2D eigenvalue weighted by Gasteiger charge is 2.47. The number of hydrogen-bond donors (Lipinski definition) is 1. The van der Waals surface area contributed by atoms with Crippen molar-refractivity contribution in [2.24, 2.45) is 5.41 Å². The quantitative estimate of drug-likeness (QED) is 0.358. The Labute approximate surface area is 203 Å². The number of likely N-dealkylation sites (tertiary alicyclic amines) is 1. The lowest BCUT2D eigenvalue weighted by Gasteiger charge is -2.52. The van der Waals surface area contributed by atoms with Crippen LogP contribution in [0.1, 0.15) is 43.0 Å². The lowest BCUT2D eigenvalue weighted by molar-refractivity contribution is -0.130. The fraction of sp³-hybridized carbons (Fsp3) is 0.286. The van der Waals surface area contributed by atoms with E-state index in [1.807, 2.05) is 27.8 Å². The number of rotatable bonds is 2. The van der Waals surface area contributed by atoms with Crippen molar-refractivity contribution in [3.05, 3.63) is 72.7 Å². The van der Waals surface area contributed by atoms with Crippen molar-refractivity contribution in [3.8, 4) is 11.8 Å². The molecule has 3 heterocycles. The fourth-order valence-corrected chi connectivity index (χ4v) is 5.59. The molecule has 1 amide bonds. The van der Waals surface area contributed by atoms with E-state index < -0.39 is 0 Å². The molecule has 0 atom stereocenters. The summed E-state index contributed by atoms with van der Waals surface area (Å²) in [6.07, 6.45) is 6.94. The number of nitrogens with zero attached hydrogens (tertiary/aromatic N) is 5. The predicted molar refractivity (Wildman–Crippen MR) is 136 cm³/mol. The van der Waals surface area contributed by atoms with Gasteiger partial charge in [0.15, 0.2) is 5.65 Å². The molecule has 7 nitrogen and oxygen atoms in total. The lowest BCUT2D eigenvalue weighted by atomic mass is 9.60. The van der Waals surface area contributed by atoms with E-state index in [2.05, 4.69) is 52.7 Å². The second-order valence-electron chi connectivity index (χ2n) is 9.65. The molecule has 6 rings (SSSR count). The van der Waals surface area contributed by atoms with Crippen LogP contribution in [0.15, 0.2) is 61.4 Å². The van der Waals surface area contributed by atoms with Crippen LogP contribution in [0, 0.1) is 17.3 Å². The van der Waals surface area contributed by atoms with Crippen LogP contribution >= 0.6 is 0 Å². The Balaban J connectivity index is 1.28. The van der Waals surface area contributed by atoms with Crippen molar-refractivity contribution in [1.82, 2.24) is 24.6 Å². The Morgan fingerprint density at radius 1 is 1.09 bits per heavy atom. The average molecular weight is 463 g/mol. The minimum atomic E-state index is 0.0237. The molecule has 0 unspecified atom stereocenters. The standard InChI is InChI=1S/C28H26N6O/c1-2-24(35)33-13-11-28(12-14-33)16-22(17-28)34-27-25(26(29)30-18-31-27)23(32-34)10-8-19-7-9-20-5-3-4-6-21(20)15-19/h2-7,9,15,18,22H,1,11-14,16-17H2,(H2,29,30,31). The molecule has 174 valence electrons. The van der Waals surface area contributed by atoms with Crippen LogP contribution in [0.5, 0.6) is 0 Å². The van der Waals surface area contributed by atoms with Gasteiger partial charge < -0.3 is 10.6 Å². The molecule has 35 heavy (non-hydrogen) atoms. The maximum Gasteiger partial charge on any atom is 0.245 e. The van der Waals surface area contributed by atoms with E-state index in [4.69, 9.17) is 10.8 Å². The molecule has 4 aromatic rings. The molecule has 2 aliphatic rings. The van der Waals surface area contributed by atoms with Crippen molar-refractivity contribution >= 4 is 33.5 Å². The van der Waals surface area contributed by atoms with Crippen molar-refractivity contribution in [2.45, 2.75) is 31.7 Å². The third-order valence-corrected chi connectivity index (χ3v) is 7.59. The highest BCUT2D eigenvalue weighted by molar-refractivity contribution is 5.91. The molecule has 0 bridgehead atoms. The van der Waals surface area contributed by atoms with Gasteiger partial charge in [-0.2, -0.15) is 5.10 Å². The largest absolute Gasteiger partial charge is 0.383 e. The van der Waals surface area contributed by atoms with E-state index in [0.717, 1.165) is 55.4 Å². The summed E-state index contributed by atoms with van der Waals surface area (Å²) >= 11 is 0.